The van der Waals surface area contributed by atoms with Crippen molar-refractivity contribution in [3.63, 3.8) is 0 Å². The molecule has 0 unspecified atom stereocenters. The van der Waals surface area contributed by atoms with Gasteiger partial charge in [0.1, 0.15) is 5.75 Å². The molecular formula is C22H26N2O3. The highest BCUT2D eigenvalue weighted by Crippen LogP contribution is 2.15. The Morgan fingerprint density at radius 1 is 0.963 bits per heavy atom. The molecule has 0 spiro atoms. The maximum absolute atomic E-state index is 12.6. The van der Waals surface area contributed by atoms with E-state index in [2.05, 4.69) is 0 Å². The molecule has 5 nitrogen and oxygen atoms in total. The Morgan fingerprint density at radius 3 is 2.30 bits per heavy atom. The molecule has 0 N–H and O–H groups in total. The van der Waals surface area contributed by atoms with E-state index >= 15 is 0 Å². The Bertz CT molecular complexity index is 793. The zero-order valence-electron chi connectivity index (χ0n) is 16.0. The molecule has 1 heterocycles. The lowest BCUT2D eigenvalue weighted by Crippen LogP contribution is -2.50. The van der Waals surface area contributed by atoms with E-state index in [1.807, 2.05) is 65.3 Å². The van der Waals surface area contributed by atoms with Crippen LogP contribution in [0, 0.1) is 6.92 Å². The monoisotopic (exact) mass is 366 g/mol. The zero-order valence-corrected chi connectivity index (χ0v) is 16.0. The van der Waals surface area contributed by atoms with Crippen molar-refractivity contribution >= 4 is 11.8 Å². The summed E-state index contributed by atoms with van der Waals surface area (Å²) in [6, 6.07) is 15.4. The largest absolute Gasteiger partial charge is 0.497 e. The van der Waals surface area contributed by atoms with Crippen LogP contribution in [0.15, 0.2) is 48.5 Å². The summed E-state index contributed by atoms with van der Waals surface area (Å²) < 4.78 is 5.22. The average Bonchev–Trinajstić information content (AvgIpc) is 2.72. The first-order valence-corrected chi connectivity index (χ1v) is 9.33. The lowest BCUT2D eigenvalue weighted by molar-refractivity contribution is -0.132. The van der Waals surface area contributed by atoms with Gasteiger partial charge in [0.25, 0.3) is 5.91 Å². The number of ether oxygens (including phenoxy) is 1. The molecule has 142 valence electrons. The fourth-order valence-corrected chi connectivity index (χ4v) is 3.28. The van der Waals surface area contributed by atoms with Crippen LogP contribution in [0.5, 0.6) is 5.75 Å². The third-order valence-electron chi connectivity index (χ3n) is 4.98. The lowest BCUT2D eigenvalue weighted by atomic mass is 10.1. The fourth-order valence-electron chi connectivity index (χ4n) is 3.28. The maximum Gasteiger partial charge on any atom is 0.253 e. The zero-order chi connectivity index (χ0) is 19.2. The summed E-state index contributed by atoms with van der Waals surface area (Å²) in [4.78, 5) is 28.8. The summed E-state index contributed by atoms with van der Waals surface area (Å²) in [7, 11) is 1.64. The second kappa shape index (κ2) is 8.71. The van der Waals surface area contributed by atoms with Crippen molar-refractivity contribution in [2.24, 2.45) is 0 Å². The smallest absolute Gasteiger partial charge is 0.253 e. The van der Waals surface area contributed by atoms with E-state index in [4.69, 9.17) is 4.74 Å². The van der Waals surface area contributed by atoms with Crippen LogP contribution in [0.3, 0.4) is 0 Å². The topological polar surface area (TPSA) is 49.9 Å². The summed E-state index contributed by atoms with van der Waals surface area (Å²) in [5, 5.41) is 0. The summed E-state index contributed by atoms with van der Waals surface area (Å²) in [5.74, 6) is 0.988. The second-order valence-electron chi connectivity index (χ2n) is 6.89. The van der Waals surface area contributed by atoms with E-state index in [1.165, 1.54) is 0 Å². The predicted molar refractivity (Wildman–Crippen MR) is 105 cm³/mol. The molecule has 27 heavy (non-hydrogen) atoms. The van der Waals surface area contributed by atoms with Crippen molar-refractivity contribution in [3.8, 4) is 5.75 Å². The third-order valence-corrected chi connectivity index (χ3v) is 4.98. The Kier molecular flexibility index (Phi) is 6.12. The van der Waals surface area contributed by atoms with E-state index in [1.54, 1.807) is 7.11 Å². The van der Waals surface area contributed by atoms with Gasteiger partial charge in [0.15, 0.2) is 0 Å². The van der Waals surface area contributed by atoms with E-state index in [0.717, 1.165) is 16.9 Å². The van der Waals surface area contributed by atoms with Crippen molar-refractivity contribution in [1.82, 2.24) is 9.80 Å². The second-order valence-corrected chi connectivity index (χ2v) is 6.89. The van der Waals surface area contributed by atoms with Gasteiger partial charge in [0.2, 0.25) is 5.91 Å². The molecule has 1 fully saturated rings. The third kappa shape index (κ3) is 4.88. The van der Waals surface area contributed by atoms with Gasteiger partial charge >= 0.3 is 0 Å². The van der Waals surface area contributed by atoms with Crippen LogP contribution in [0.4, 0.5) is 0 Å². The van der Waals surface area contributed by atoms with Gasteiger partial charge in [0.05, 0.1) is 7.11 Å². The fraction of sp³-hybridized carbons (Fsp3) is 0.364. The number of rotatable bonds is 5. The molecule has 2 amide bonds. The van der Waals surface area contributed by atoms with E-state index in [-0.39, 0.29) is 11.8 Å². The molecule has 1 aliphatic rings. The van der Waals surface area contributed by atoms with Crippen LogP contribution in [-0.4, -0.2) is 54.9 Å². The molecule has 0 saturated carbocycles. The molecule has 0 aromatic heterocycles. The minimum absolute atomic E-state index is 0.0403. The number of carbonyl (C=O) groups excluding carboxylic acids is 2. The number of amides is 2. The van der Waals surface area contributed by atoms with E-state index < -0.39 is 0 Å². The van der Waals surface area contributed by atoms with Gasteiger partial charge < -0.3 is 14.5 Å². The number of benzene rings is 2. The van der Waals surface area contributed by atoms with Gasteiger partial charge in [0, 0.05) is 38.2 Å². The molecule has 0 atom stereocenters. The van der Waals surface area contributed by atoms with Crippen LogP contribution >= 0.6 is 0 Å². The molecule has 0 radical (unpaired) electrons. The van der Waals surface area contributed by atoms with Crippen molar-refractivity contribution in [2.75, 3.05) is 33.3 Å². The first-order chi connectivity index (χ1) is 13.1. The highest BCUT2D eigenvalue weighted by atomic mass is 16.5. The standard InChI is InChI=1S/C22H26N2O3/c1-17-6-9-19(10-7-17)22(26)24-14-12-23(13-15-24)21(25)11-8-18-4-3-5-20(16-18)27-2/h3-7,9-10,16H,8,11-15H2,1-2H3. The van der Waals surface area contributed by atoms with Gasteiger partial charge in [-0.2, -0.15) is 0 Å². The number of carbonyl (C=O) groups is 2. The Labute approximate surface area is 160 Å². The van der Waals surface area contributed by atoms with Gasteiger partial charge in [-0.25, -0.2) is 0 Å². The number of piperazine rings is 1. The van der Waals surface area contributed by atoms with Crippen molar-refractivity contribution in [1.29, 1.82) is 0 Å². The Morgan fingerprint density at radius 2 is 1.63 bits per heavy atom. The van der Waals surface area contributed by atoms with Gasteiger partial charge in [-0.15, -0.1) is 0 Å². The Balaban J connectivity index is 1.48. The maximum atomic E-state index is 12.6. The summed E-state index contributed by atoms with van der Waals surface area (Å²) >= 11 is 0. The summed E-state index contributed by atoms with van der Waals surface area (Å²) in [6.07, 6.45) is 1.16. The Hall–Kier alpha value is -2.82. The number of methoxy groups -OCH3 is 1. The van der Waals surface area contributed by atoms with Crippen LogP contribution < -0.4 is 4.74 Å². The highest BCUT2D eigenvalue weighted by Gasteiger charge is 2.24. The van der Waals surface area contributed by atoms with Crippen molar-refractivity contribution in [2.45, 2.75) is 19.8 Å². The molecular weight excluding hydrogens is 340 g/mol. The van der Waals surface area contributed by atoms with Crippen LogP contribution in [-0.2, 0) is 11.2 Å². The van der Waals surface area contributed by atoms with Crippen molar-refractivity contribution < 1.29 is 14.3 Å². The minimum Gasteiger partial charge on any atom is -0.497 e. The van der Waals surface area contributed by atoms with E-state index in [0.29, 0.717) is 44.6 Å². The predicted octanol–water partition coefficient (Wildman–Crippen LogP) is 2.92. The lowest BCUT2D eigenvalue weighted by Gasteiger charge is -2.35. The molecule has 5 heteroatoms. The van der Waals surface area contributed by atoms with E-state index in [9.17, 15) is 9.59 Å². The SMILES string of the molecule is COc1cccc(CCC(=O)N2CCN(C(=O)c3ccc(C)cc3)CC2)c1. The summed E-state index contributed by atoms with van der Waals surface area (Å²) in [6.45, 7) is 4.35. The van der Waals surface area contributed by atoms with Gasteiger partial charge in [-0.1, -0.05) is 29.8 Å². The molecule has 0 bridgehead atoms. The molecule has 1 saturated heterocycles. The van der Waals surface area contributed by atoms with Gasteiger partial charge in [-0.05, 0) is 43.2 Å². The molecule has 2 aromatic rings. The van der Waals surface area contributed by atoms with Crippen LogP contribution in [0.1, 0.15) is 27.9 Å². The minimum atomic E-state index is 0.0403. The first kappa shape index (κ1) is 19.0. The molecule has 2 aromatic carbocycles. The molecule has 0 aliphatic carbocycles. The normalized spacial score (nSPS) is 14.1. The van der Waals surface area contributed by atoms with Gasteiger partial charge in [-0.3, -0.25) is 9.59 Å². The van der Waals surface area contributed by atoms with Crippen LogP contribution in [0.25, 0.3) is 0 Å². The number of hydrogen-bond donors (Lipinski definition) is 0. The number of aryl methyl sites for hydroxylation is 2. The quantitative estimate of drug-likeness (QED) is 0.818. The van der Waals surface area contributed by atoms with Crippen LogP contribution in [0.2, 0.25) is 0 Å². The number of hydrogen-bond acceptors (Lipinski definition) is 3. The first-order valence-electron chi connectivity index (χ1n) is 9.33. The summed E-state index contributed by atoms with van der Waals surface area (Å²) in [5.41, 5.74) is 2.94. The number of nitrogens with zero attached hydrogens (tertiary/aromatic N) is 2. The molecule has 1 aliphatic heterocycles. The highest BCUT2D eigenvalue weighted by molar-refractivity contribution is 5.94. The average molecular weight is 366 g/mol. The van der Waals surface area contributed by atoms with Crippen molar-refractivity contribution in [3.05, 3.63) is 65.2 Å². The molecule has 3 rings (SSSR count).